The van der Waals surface area contributed by atoms with Crippen molar-refractivity contribution in [3.8, 4) is 0 Å². The van der Waals surface area contributed by atoms with Gasteiger partial charge in [-0.3, -0.25) is 0 Å². The molecule has 1 aromatic carbocycles. The van der Waals surface area contributed by atoms with Crippen molar-refractivity contribution in [1.82, 2.24) is 10.6 Å². The second-order valence-electron chi connectivity index (χ2n) is 3.71. The van der Waals surface area contributed by atoms with Crippen LogP contribution in [0.2, 0.25) is 0 Å². The molecule has 3 heteroatoms. The van der Waals surface area contributed by atoms with Crippen LogP contribution in [0.15, 0.2) is 18.2 Å². The molecular formula is C11H15FN2. The predicted molar refractivity (Wildman–Crippen MR) is 54.8 cm³/mol. The Bertz CT molecular complexity index is 319. The zero-order valence-electron chi connectivity index (χ0n) is 8.31. The fraction of sp³-hybridized carbons (Fsp3) is 0.455. The van der Waals surface area contributed by atoms with E-state index in [4.69, 9.17) is 0 Å². The van der Waals surface area contributed by atoms with Crippen LogP contribution in [0.3, 0.4) is 0 Å². The van der Waals surface area contributed by atoms with Gasteiger partial charge in [-0.15, -0.1) is 0 Å². The fourth-order valence-electron chi connectivity index (χ4n) is 1.86. The molecule has 0 aliphatic carbocycles. The highest BCUT2D eigenvalue weighted by Gasteiger charge is 2.16. The Kier molecular flexibility index (Phi) is 2.79. The van der Waals surface area contributed by atoms with E-state index < -0.39 is 0 Å². The first-order valence-corrected chi connectivity index (χ1v) is 4.97. The van der Waals surface area contributed by atoms with Crippen molar-refractivity contribution in [2.75, 3.05) is 19.6 Å². The first-order valence-electron chi connectivity index (χ1n) is 4.97. The molecule has 14 heavy (non-hydrogen) atoms. The summed E-state index contributed by atoms with van der Waals surface area (Å²) in [6, 6.07) is 5.22. The molecule has 2 rings (SSSR count). The molecule has 2 N–H and O–H groups in total. The molecule has 0 radical (unpaired) electrons. The second kappa shape index (κ2) is 4.07. The van der Waals surface area contributed by atoms with E-state index in [0.717, 1.165) is 30.8 Å². The summed E-state index contributed by atoms with van der Waals surface area (Å²) in [5.41, 5.74) is 2.21. The minimum absolute atomic E-state index is 0.155. The van der Waals surface area contributed by atoms with Crippen LogP contribution in [-0.2, 0) is 0 Å². The minimum atomic E-state index is -0.155. The Morgan fingerprint density at radius 1 is 1.36 bits per heavy atom. The van der Waals surface area contributed by atoms with Gasteiger partial charge in [0.05, 0.1) is 0 Å². The van der Waals surface area contributed by atoms with E-state index in [9.17, 15) is 4.39 Å². The number of benzene rings is 1. The summed E-state index contributed by atoms with van der Waals surface area (Å²) in [4.78, 5) is 0. The molecule has 1 heterocycles. The number of hydrogen-bond donors (Lipinski definition) is 2. The van der Waals surface area contributed by atoms with E-state index in [-0.39, 0.29) is 11.9 Å². The van der Waals surface area contributed by atoms with Gasteiger partial charge in [0, 0.05) is 25.7 Å². The van der Waals surface area contributed by atoms with Crippen molar-refractivity contribution in [1.29, 1.82) is 0 Å². The smallest absolute Gasteiger partial charge is 0.123 e. The summed E-state index contributed by atoms with van der Waals surface area (Å²) in [7, 11) is 0. The number of aryl methyl sites for hydroxylation is 1. The highest BCUT2D eigenvalue weighted by Crippen LogP contribution is 2.19. The average Bonchev–Trinajstić information content (AvgIpc) is 2.23. The van der Waals surface area contributed by atoms with Crippen LogP contribution in [0.25, 0.3) is 0 Å². The van der Waals surface area contributed by atoms with E-state index in [1.165, 1.54) is 6.07 Å². The lowest BCUT2D eigenvalue weighted by Gasteiger charge is -2.26. The molecule has 2 nitrogen and oxygen atoms in total. The third-order valence-electron chi connectivity index (χ3n) is 2.66. The summed E-state index contributed by atoms with van der Waals surface area (Å²) in [5.74, 6) is -0.155. The normalized spacial score (nSPS) is 22.3. The Morgan fingerprint density at radius 2 is 2.21 bits per heavy atom. The van der Waals surface area contributed by atoms with Gasteiger partial charge in [0.1, 0.15) is 5.82 Å². The maximum absolute atomic E-state index is 13.1. The molecule has 0 aromatic heterocycles. The maximum atomic E-state index is 13.1. The summed E-state index contributed by atoms with van der Waals surface area (Å²) < 4.78 is 13.1. The standard InChI is InChI=1S/C11H15FN2/c1-8-2-3-9(12)6-10(8)11-7-13-4-5-14-11/h2-3,6,11,13-14H,4-5,7H2,1H3. The second-order valence-corrected chi connectivity index (χ2v) is 3.71. The summed E-state index contributed by atoms with van der Waals surface area (Å²) in [5, 5.41) is 6.67. The molecule has 0 amide bonds. The van der Waals surface area contributed by atoms with Crippen molar-refractivity contribution in [2.45, 2.75) is 13.0 Å². The zero-order valence-corrected chi connectivity index (χ0v) is 8.31. The molecule has 1 saturated heterocycles. The van der Waals surface area contributed by atoms with E-state index in [0.29, 0.717) is 0 Å². The van der Waals surface area contributed by atoms with Gasteiger partial charge in [0.25, 0.3) is 0 Å². The van der Waals surface area contributed by atoms with Gasteiger partial charge in [0.2, 0.25) is 0 Å². The van der Waals surface area contributed by atoms with E-state index in [1.807, 2.05) is 13.0 Å². The molecule has 76 valence electrons. The lowest BCUT2D eigenvalue weighted by atomic mass is 10.00. The van der Waals surface area contributed by atoms with Crippen LogP contribution in [0.5, 0.6) is 0 Å². The molecule has 0 bridgehead atoms. The van der Waals surface area contributed by atoms with Crippen molar-refractivity contribution in [3.63, 3.8) is 0 Å². The van der Waals surface area contributed by atoms with Crippen LogP contribution >= 0.6 is 0 Å². The monoisotopic (exact) mass is 194 g/mol. The van der Waals surface area contributed by atoms with Gasteiger partial charge in [-0.05, 0) is 30.2 Å². The Hall–Kier alpha value is -0.930. The summed E-state index contributed by atoms with van der Waals surface area (Å²) >= 11 is 0. The number of rotatable bonds is 1. The highest BCUT2D eigenvalue weighted by molar-refractivity contribution is 5.30. The molecule has 1 fully saturated rings. The maximum Gasteiger partial charge on any atom is 0.123 e. The molecule has 1 atom stereocenters. The first-order chi connectivity index (χ1) is 6.77. The van der Waals surface area contributed by atoms with Crippen molar-refractivity contribution in [3.05, 3.63) is 35.1 Å². The molecule has 1 aliphatic rings. The van der Waals surface area contributed by atoms with E-state index in [2.05, 4.69) is 10.6 Å². The summed E-state index contributed by atoms with van der Waals surface area (Å²) in [6.07, 6.45) is 0. The number of piperazine rings is 1. The van der Waals surface area contributed by atoms with Gasteiger partial charge in [-0.2, -0.15) is 0 Å². The summed E-state index contributed by atoms with van der Waals surface area (Å²) in [6.45, 7) is 4.83. The van der Waals surface area contributed by atoms with Crippen LogP contribution in [0, 0.1) is 12.7 Å². The van der Waals surface area contributed by atoms with Gasteiger partial charge in [0.15, 0.2) is 0 Å². The van der Waals surface area contributed by atoms with Crippen LogP contribution < -0.4 is 10.6 Å². The van der Waals surface area contributed by atoms with E-state index in [1.54, 1.807) is 6.07 Å². The largest absolute Gasteiger partial charge is 0.314 e. The zero-order chi connectivity index (χ0) is 9.97. The number of halogens is 1. The molecule has 1 aliphatic heterocycles. The minimum Gasteiger partial charge on any atom is -0.314 e. The highest BCUT2D eigenvalue weighted by atomic mass is 19.1. The Morgan fingerprint density at radius 3 is 2.93 bits per heavy atom. The van der Waals surface area contributed by atoms with Gasteiger partial charge >= 0.3 is 0 Å². The average molecular weight is 194 g/mol. The van der Waals surface area contributed by atoms with Crippen molar-refractivity contribution >= 4 is 0 Å². The van der Waals surface area contributed by atoms with E-state index >= 15 is 0 Å². The van der Waals surface area contributed by atoms with Gasteiger partial charge in [-0.25, -0.2) is 4.39 Å². The van der Waals surface area contributed by atoms with Crippen molar-refractivity contribution in [2.24, 2.45) is 0 Å². The van der Waals surface area contributed by atoms with Gasteiger partial charge in [-0.1, -0.05) is 6.07 Å². The van der Waals surface area contributed by atoms with Crippen molar-refractivity contribution < 1.29 is 4.39 Å². The molecule has 0 spiro atoms. The lowest BCUT2D eigenvalue weighted by Crippen LogP contribution is -2.42. The lowest BCUT2D eigenvalue weighted by molar-refractivity contribution is 0.427. The van der Waals surface area contributed by atoms with Crippen LogP contribution in [0.1, 0.15) is 17.2 Å². The van der Waals surface area contributed by atoms with Crippen LogP contribution in [-0.4, -0.2) is 19.6 Å². The van der Waals surface area contributed by atoms with Gasteiger partial charge < -0.3 is 10.6 Å². The molecule has 1 aromatic rings. The quantitative estimate of drug-likeness (QED) is 0.705. The molecular weight excluding hydrogens is 179 g/mol. The number of nitrogens with one attached hydrogen (secondary N) is 2. The molecule has 0 saturated carbocycles. The Balaban J connectivity index is 2.24. The topological polar surface area (TPSA) is 24.1 Å². The fourth-order valence-corrected chi connectivity index (χ4v) is 1.86. The third kappa shape index (κ3) is 1.94. The van der Waals surface area contributed by atoms with Crippen LogP contribution in [0.4, 0.5) is 4.39 Å². The SMILES string of the molecule is Cc1ccc(F)cc1C1CNCCN1. The number of hydrogen-bond acceptors (Lipinski definition) is 2. The Labute approximate surface area is 83.5 Å². The molecule has 1 unspecified atom stereocenters. The first kappa shape index (κ1) is 9.62. The third-order valence-corrected chi connectivity index (χ3v) is 2.66. The predicted octanol–water partition coefficient (Wildman–Crippen LogP) is 1.37.